The van der Waals surface area contributed by atoms with Crippen LogP contribution in [0.4, 0.5) is 0 Å². The zero-order chi connectivity index (χ0) is 15.2. The highest BCUT2D eigenvalue weighted by atomic mass is 16.5. The number of hydrogen-bond acceptors (Lipinski definition) is 3. The van der Waals surface area contributed by atoms with Crippen LogP contribution in [0.15, 0.2) is 42.5 Å². The van der Waals surface area contributed by atoms with E-state index in [1.54, 1.807) is 13.2 Å². The topological polar surface area (TPSA) is 41.5 Å². The molecule has 0 aliphatic rings. The highest BCUT2D eigenvalue weighted by molar-refractivity contribution is 5.41. The number of phenols is 1. The van der Waals surface area contributed by atoms with Crippen molar-refractivity contribution in [3.05, 3.63) is 59.2 Å². The monoisotopic (exact) mass is 285 g/mol. The molecule has 0 fully saturated rings. The van der Waals surface area contributed by atoms with Gasteiger partial charge >= 0.3 is 0 Å². The zero-order valence-electron chi connectivity index (χ0n) is 12.9. The number of aryl methyl sites for hydroxylation is 1. The highest BCUT2D eigenvalue weighted by Crippen LogP contribution is 2.28. The predicted octanol–water partition coefficient (Wildman–Crippen LogP) is 3.60. The first kappa shape index (κ1) is 15.4. The summed E-state index contributed by atoms with van der Waals surface area (Å²) in [7, 11) is 1.60. The van der Waals surface area contributed by atoms with Gasteiger partial charge in [-0.2, -0.15) is 0 Å². The molecule has 0 bridgehead atoms. The maximum atomic E-state index is 10.0. The first-order valence-electron chi connectivity index (χ1n) is 7.26. The summed E-state index contributed by atoms with van der Waals surface area (Å²) >= 11 is 0. The number of nitrogens with one attached hydrogen (secondary N) is 1. The van der Waals surface area contributed by atoms with Crippen LogP contribution in [-0.4, -0.2) is 18.8 Å². The van der Waals surface area contributed by atoms with Crippen molar-refractivity contribution in [3.63, 3.8) is 0 Å². The van der Waals surface area contributed by atoms with Crippen LogP contribution >= 0.6 is 0 Å². The summed E-state index contributed by atoms with van der Waals surface area (Å²) in [5.41, 5.74) is 3.57. The van der Waals surface area contributed by atoms with Crippen LogP contribution in [0.25, 0.3) is 0 Å². The fourth-order valence-corrected chi connectivity index (χ4v) is 2.44. The third kappa shape index (κ3) is 3.99. The van der Waals surface area contributed by atoms with Gasteiger partial charge in [-0.05, 0) is 44.0 Å². The quantitative estimate of drug-likeness (QED) is 0.852. The summed E-state index contributed by atoms with van der Waals surface area (Å²) in [6.45, 7) is 5.06. The summed E-state index contributed by atoms with van der Waals surface area (Å²) < 4.78 is 5.10. The Balaban J connectivity index is 1.93. The predicted molar refractivity (Wildman–Crippen MR) is 86.0 cm³/mol. The lowest BCUT2D eigenvalue weighted by molar-refractivity contribution is 0.404. The smallest absolute Gasteiger partial charge is 0.124 e. The summed E-state index contributed by atoms with van der Waals surface area (Å²) in [4.78, 5) is 0. The molecule has 21 heavy (non-hydrogen) atoms. The Labute approximate surface area is 126 Å². The Bertz CT molecular complexity index is 596. The second-order valence-electron chi connectivity index (χ2n) is 5.28. The van der Waals surface area contributed by atoms with Gasteiger partial charge in [-0.1, -0.05) is 30.3 Å². The molecule has 1 unspecified atom stereocenters. The lowest BCUT2D eigenvalue weighted by atomic mass is 10.0. The lowest BCUT2D eigenvalue weighted by Gasteiger charge is -2.16. The number of rotatable bonds is 6. The van der Waals surface area contributed by atoms with Crippen molar-refractivity contribution < 1.29 is 9.84 Å². The maximum absolute atomic E-state index is 10.0. The SMILES string of the molecule is COc1ccc(C(C)NCCc2ccccc2C)c(O)c1. The largest absolute Gasteiger partial charge is 0.507 e. The van der Waals surface area contributed by atoms with Gasteiger partial charge < -0.3 is 15.2 Å². The van der Waals surface area contributed by atoms with Crippen molar-refractivity contribution >= 4 is 0 Å². The van der Waals surface area contributed by atoms with E-state index in [1.165, 1.54) is 11.1 Å². The molecule has 2 aromatic carbocycles. The minimum absolute atomic E-state index is 0.0972. The van der Waals surface area contributed by atoms with E-state index in [0.29, 0.717) is 5.75 Å². The van der Waals surface area contributed by atoms with Gasteiger partial charge in [0.2, 0.25) is 0 Å². The van der Waals surface area contributed by atoms with Crippen molar-refractivity contribution in [2.75, 3.05) is 13.7 Å². The molecule has 0 aromatic heterocycles. The molecule has 0 spiro atoms. The average molecular weight is 285 g/mol. The molecule has 3 heteroatoms. The normalized spacial score (nSPS) is 12.1. The molecular weight excluding hydrogens is 262 g/mol. The molecule has 0 radical (unpaired) electrons. The molecule has 1 atom stereocenters. The summed E-state index contributed by atoms with van der Waals surface area (Å²) in [5, 5.41) is 13.5. The number of ether oxygens (including phenoxy) is 1. The number of aromatic hydroxyl groups is 1. The maximum Gasteiger partial charge on any atom is 0.124 e. The molecule has 0 saturated heterocycles. The van der Waals surface area contributed by atoms with Gasteiger partial charge in [-0.25, -0.2) is 0 Å². The third-order valence-electron chi connectivity index (χ3n) is 3.81. The fourth-order valence-electron chi connectivity index (χ4n) is 2.44. The van der Waals surface area contributed by atoms with Crippen molar-refractivity contribution in [2.24, 2.45) is 0 Å². The Hall–Kier alpha value is -2.00. The van der Waals surface area contributed by atoms with E-state index in [1.807, 2.05) is 12.1 Å². The molecule has 2 N–H and O–H groups in total. The Morgan fingerprint density at radius 2 is 1.95 bits per heavy atom. The number of hydrogen-bond donors (Lipinski definition) is 2. The molecule has 0 saturated carbocycles. The van der Waals surface area contributed by atoms with Gasteiger partial charge in [0, 0.05) is 17.7 Å². The van der Waals surface area contributed by atoms with Crippen LogP contribution in [-0.2, 0) is 6.42 Å². The molecule has 2 rings (SSSR count). The highest BCUT2D eigenvalue weighted by Gasteiger charge is 2.10. The van der Waals surface area contributed by atoms with E-state index in [9.17, 15) is 5.11 Å². The lowest BCUT2D eigenvalue weighted by Crippen LogP contribution is -2.21. The van der Waals surface area contributed by atoms with Gasteiger partial charge in [0.05, 0.1) is 7.11 Å². The zero-order valence-corrected chi connectivity index (χ0v) is 12.9. The van der Waals surface area contributed by atoms with Gasteiger partial charge in [-0.3, -0.25) is 0 Å². The first-order valence-corrected chi connectivity index (χ1v) is 7.26. The van der Waals surface area contributed by atoms with E-state index in [0.717, 1.165) is 18.5 Å². The number of phenolic OH excluding ortho intramolecular Hbond substituents is 1. The van der Waals surface area contributed by atoms with Gasteiger partial charge in [0.15, 0.2) is 0 Å². The van der Waals surface area contributed by atoms with E-state index in [-0.39, 0.29) is 11.8 Å². The molecule has 112 valence electrons. The Morgan fingerprint density at radius 3 is 2.62 bits per heavy atom. The van der Waals surface area contributed by atoms with Crippen LogP contribution < -0.4 is 10.1 Å². The van der Waals surface area contributed by atoms with Gasteiger partial charge in [-0.15, -0.1) is 0 Å². The van der Waals surface area contributed by atoms with Crippen LogP contribution in [0.3, 0.4) is 0 Å². The Kier molecular flexibility index (Phi) is 5.23. The van der Waals surface area contributed by atoms with Crippen LogP contribution in [0.2, 0.25) is 0 Å². The van der Waals surface area contributed by atoms with Crippen LogP contribution in [0.1, 0.15) is 29.7 Å². The molecule has 2 aromatic rings. The minimum atomic E-state index is 0.0972. The molecule has 0 amide bonds. The summed E-state index contributed by atoms with van der Waals surface area (Å²) in [6, 6.07) is 13.9. The van der Waals surface area contributed by atoms with Gasteiger partial charge in [0.25, 0.3) is 0 Å². The second-order valence-corrected chi connectivity index (χ2v) is 5.28. The van der Waals surface area contributed by atoms with Crippen LogP contribution in [0.5, 0.6) is 11.5 Å². The number of methoxy groups -OCH3 is 1. The van der Waals surface area contributed by atoms with Crippen molar-refractivity contribution in [1.29, 1.82) is 0 Å². The van der Waals surface area contributed by atoms with Gasteiger partial charge in [0.1, 0.15) is 11.5 Å². The molecule has 3 nitrogen and oxygen atoms in total. The summed E-state index contributed by atoms with van der Waals surface area (Å²) in [5.74, 6) is 0.939. The van der Waals surface area contributed by atoms with Crippen molar-refractivity contribution in [1.82, 2.24) is 5.32 Å². The first-order chi connectivity index (χ1) is 10.1. The fraction of sp³-hybridized carbons (Fsp3) is 0.333. The second kappa shape index (κ2) is 7.14. The Morgan fingerprint density at radius 1 is 1.19 bits per heavy atom. The summed E-state index contributed by atoms with van der Waals surface area (Å²) in [6.07, 6.45) is 0.980. The number of benzene rings is 2. The van der Waals surface area contributed by atoms with E-state index < -0.39 is 0 Å². The van der Waals surface area contributed by atoms with Crippen molar-refractivity contribution in [2.45, 2.75) is 26.3 Å². The molecule has 0 heterocycles. The molecule has 0 aliphatic carbocycles. The van der Waals surface area contributed by atoms with E-state index in [4.69, 9.17) is 4.74 Å². The van der Waals surface area contributed by atoms with Crippen LogP contribution in [0, 0.1) is 6.92 Å². The van der Waals surface area contributed by atoms with Crippen molar-refractivity contribution in [3.8, 4) is 11.5 Å². The molecule has 0 aliphatic heterocycles. The third-order valence-corrected chi connectivity index (χ3v) is 3.81. The molecular formula is C18H23NO2. The van der Waals surface area contributed by atoms with E-state index >= 15 is 0 Å². The van der Waals surface area contributed by atoms with E-state index in [2.05, 4.69) is 43.4 Å². The minimum Gasteiger partial charge on any atom is -0.507 e. The standard InChI is InChI=1S/C18H23NO2/c1-13-6-4-5-7-15(13)10-11-19-14(2)17-9-8-16(21-3)12-18(17)20/h4-9,12,14,19-20H,10-11H2,1-3H3. The average Bonchev–Trinajstić information content (AvgIpc) is 2.48.